The van der Waals surface area contributed by atoms with Crippen molar-refractivity contribution in [3.63, 3.8) is 0 Å². The van der Waals surface area contributed by atoms with E-state index in [1.807, 2.05) is 36.4 Å². The summed E-state index contributed by atoms with van der Waals surface area (Å²) in [5, 5.41) is 5.29. The van der Waals surface area contributed by atoms with Gasteiger partial charge in [-0.05, 0) is 24.4 Å². The van der Waals surface area contributed by atoms with E-state index in [0.29, 0.717) is 0 Å². The number of carbonyl (C=O) groups excluding carboxylic acids is 1. The quantitative estimate of drug-likeness (QED) is 0.914. The van der Waals surface area contributed by atoms with Crippen molar-refractivity contribution in [3.8, 4) is 0 Å². The molecule has 17 heavy (non-hydrogen) atoms. The van der Waals surface area contributed by atoms with Gasteiger partial charge in [-0.1, -0.05) is 40.2 Å². The normalized spacial score (nSPS) is 12.4. The van der Waals surface area contributed by atoms with E-state index in [0.717, 1.165) is 20.9 Å². The van der Waals surface area contributed by atoms with Crippen LogP contribution in [0.4, 0.5) is 5.69 Å². The van der Waals surface area contributed by atoms with Crippen LogP contribution in [0, 0.1) is 0 Å². The average molecular weight is 293 g/mol. The number of nitrogens with two attached hydrogens (primary N) is 1. The molecule has 0 aliphatic heterocycles. The van der Waals surface area contributed by atoms with Crippen LogP contribution in [0.3, 0.4) is 0 Å². The minimum atomic E-state index is -0.389. The van der Waals surface area contributed by atoms with Gasteiger partial charge in [0.05, 0.1) is 0 Å². The Bertz CT molecular complexity index is 568. The summed E-state index contributed by atoms with van der Waals surface area (Å²) in [6, 6.07) is 11.5. The number of anilines is 1. The lowest BCUT2D eigenvalue weighted by molar-refractivity contribution is -0.118. The first-order valence-corrected chi connectivity index (χ1v) is 6.12. The lowest BCUT2D eigenvalue weighted by atomic mass is 10.1. The summed E-state index contributed by atoms with van der Waals surface area (Å²) in [4.78, 5) is 11.1. The Morgan fingerprint density at radius 1 is 1.24 bits per heavy atom. The molecule has 0 fully saturated rings. The Morgan fingerprint density at radius 2 is 1.88 bits per heavy atom. The lowest BCUT2D eigenvalue weighted by Gasteiger charge is -2.14. The maximum absolute atomic E-state index is 11.1. The first-order chi connectivity index (χ1) is 8.09. The summed E-state index contributed by atoms with van der Waals surface area (Å²) in [5.74, 6) is -0.364. The number of amides is 1. The van der Waals surface area contributed by atoms with Crippen molar-refractivity contribution in [2.24, 2.45) is 5.73 Å². The molecule has 1 unspecified atom stereocenters. The van der Waals surface area contributed by atoms with Gasteiger partial charge in [0, 0.05) is 15.5 Å². The summed E-state index contributed by atoms with van der Waals surface area (Å²) >= 11 is 3.51. The molecule has 3 nitrogen and oxygen atoms in total. The van der Waals surface area contributed by atoms with Gasteiger partial charge in [-0.2, -0.15) is 0 Å². The van der Waals surface area contributed by atoms with Crippen molar-refractivity contribution >= 4 is 38.3 Å². The van der Waals surface area contributed by atoms with Crippen LogP contribution in [0.25, 0.3) is 10.8 Å². The fraction of sp³-hybridized carbons (Fsp3) is 0.154. The number of fused-ring (bicyclic) bond motifs is 1. The molecule has 2 aromatic rings. The second-order valence-electron chi connectivity index (χ2n) is 3.91. The van der Waals surface area contributed by atoms with Crippen LogP contribution in [-0.4, -0.2) is 11.9 Å². The van der Waals surface area contributed by atoms with Crippen LogP contribution >= 0.6 is 15.9 Å². The van der Waals surface area contributed by atoms with Crippen LogP contribution in [0.2, 0.25) is 0 Å². The zero-order valence-corrected chi connectivity index (χ0v) is 11.0. The van der Waals surface area contributed by atoms with Crippen molar-refractivity contribution < 1.29 is 4.79 Å². The summed E-state index contributed by atoms with van der Waals surface area (Å²) in [7, 11) is 0. The predicted molar refractivity (Wildman–Crippen MR) is 73.9 cm³/mol. The second kappa shape index (κ2) is 4.75. The van der Waals surface area contributed by atoms with Gasteiger partial charge >= 0.3 is 0 Å². The van der Waals surface area contributed by atoms with E-state index < -0.39 is 0 Å². The number of benzene rings is 2. The molecule has 0 saturated carbocycles. The highest BCUT2D eigenvalue weighted by Gasteiger charge is 2.10. The molecule has 0 spiro atoms. The standard InChI is InChI=1S/C13H13BrN2O/c1-8(13(15)17)16-12-7-6-11(14)9-4-2-3-5-10(9)12/h2-8,16H,1H3,(H2,15,17). The van der Waals surface area contributed by atoms with Crippen molar-refractivity contribution in [1.82, 2.24) is 0 Å². The summed E-state index contributed by atoms with van der Waals surface area (Å²) < 4.78 is 1.03. The monoisotopic (exact) mass is 292 g/mol. The molecular weight excluding hydrogens is 280 g/mol. The lowest BCUT2D eigenvalue weighted by Crippen LogP contribution is -2.32. The molecule has 1 amide bonds. The van der Waals surface area contributed by atoms with Gasteiger partial charge in [-0.25, -0.2) is 0 Å². The fourth-order valence-electron chi connectivity index (χ4n) is 1.69. The van der Waals surface area contributed by atoms with Crippen LogP contribution in [-0.2, 0) is 4.79 Å². The predicted octanol–water partition coefficient (Wildman–Crippen LogP) is 2.89. The van der Waals surface area contributed by atoms with E-state index in [1.54, 1.807) is 6.92 Å². The van der Waals surface area contributed by atoms with Gasteiger partial charge in [0.15, 0.2) is 0 Å². The van der Waals surface area contributed by atoms with E-state index in [-0.39, 0.29) is 11.9 Å². The highest BCUT2D eigenvalue weighted by atomic mass is 79.9. The molecule has 3 N–H and O–H groups in total. The van der Waals surface area contributed by atoms with Gasteiger partial charge in [-0.15, -0.1) is 0 Å². The number of rotatable bonds is 3. The zero-order chi connectivity index (χ0) is 12.4. The van der Waals surface area contributed by atoms with Crippen LogP contribution in [0.5, 0.6) is 0 Å². The number of primary amides is 1. The largest absolute Gasteiger partial charge is 0.373 e. The molecular formula is C13H13BrN2O. The Kier molecular flexibility index (Phi) is 3.33. The third-order valence-corrected chi connectivity index (χ3v) is 3.36. The molecule has 88 valence electrons. The number of carbonyl (C=O) groups is 1. The SMILES string of the molecule is CC(Nc1ccc(Br)c2ccccc12)C(N)=O. The Labute approximate surface area is 108 Å². The van der Waals surface area contributed by atoms with Crippen molar-refractivity contribution in [3.05, 3.63) is 40.9 Å². The molecule has 0 radical (unpaired) electrons. The summed E-state index contributed by atoms with van der Waals surface area (Å²) in [5.41, 5.74) is 6.16. The summed E-state index contributed by atoms with van der Waals surface area (Å²) in [6.07, 6.45) is 0. The summed E-state index contributed by atoms with van der Waals surface area (Å²) in [6.45, 7) is 1.75. The minimum Gasteiger partial charge on any atom is -0.373 e. The second-order valence-corrected chi connectivity index (χ2v) is 4.76. The zero-order valence-electron chi connectivity index (χ0n) is 9.41. The van der Waals surface area contributed by atoms with Gasteiger partial charge in [0.1, 0.15) is 6.04 Å². The van der Waals surface area contributed by atoms with Gasteiger partial charge in [0.2, 0.25) is 5.91 Å². The van der Waals surface area contributed by atoms with Crippen molar-refractivity contribution in [2.75, 3.05) is 5.32 Å². The maximum Gasteiger partial charge on any atom is 0.239 e. The first-order valence-electron chi connectivity index (χ1n) is 5.32. The number of halogens is 1. The Balaban J connectivity index is 2.48. The maximum atomic E-state index is 11.1. The number of hydrogen-bond acceptors (Lipinski definition) is 2. The molecule has 1 atom stereocenters. The highest BCUT2D eigenvalue weighted by Crippen LogP contribution is 2.30. The molecule has 0 bridgehead atoms. The molecule has 0 aliphatic carbocycles. The van der Waals surface area contributed by atoms with Gasteiger partial charge < -0.3 is 11.1 Å². The molecule has 4 heteroatoms. The van der Waals surface area contributed by atoms with Gasteiger partial charge in [-0.3, -0.25) is 4.79 Å². The van der Waals surface area contributed by atoms with Crippen LogP contribution < -0.4 is 11.1 Å². The topological polar surface area (TPSA) is 55.1 Å². The van der Waals surface area contributed by atoms with E-state index >= 15 is 0 Å². The molecule has 2 rings (SSSR count). The molecule has 0 saturated heterocycles. The number of hydrogen-bond donors (Lipinski definition) is 2. The Morgan fingerprint density at radius 3 is 2.53 bits per heavy atom. The fourth-order valence-corrected chi connectivity index (χ4v) is 2.17. The molecule has 0 aliphatic rings. The average Bonchev–Trinajstić information content (AvgIpc) is 2.33. The van der Waals surface area contributed by atoms with E-state index in [4.69, 9.17) is 5.73 Å². The third-order valence-electron chi connectivity index (χ3n) is 2.67. The van der Waals surface area contributed by atoms with Gasteiger partial charge in [0.25, 0.3) is 0 Å². The van der Waals surface area contributed by atoms with E-state index in [2.05, 4.69) is 21.2 Å². The van der Waals surface area contributed by atoms with Crippen LogP contribution in [0.15, 0.2) is 40.9 Å². The minimum absolute atomic E-state index is 0.364. The van der Waals surface area contributed by atoms with E-state index in [9.17, 15) is 4.79 Å². The van der Waals surface area contributed by atoms with Crippen molar-refractivity contribution in [2.45, 2.75) is 13.0 Å². The molecule has 0 heterocycles. The first kappa shape index (κ1) is 11.9. The molecule has 0 aromatic heterocycles. The van der Waals surface area contributed by atoms with Crippen LogP contribution in [0.1, 0.15) is 6.92 Å². The smallest absolute Gasteiger partial charge is 0.239 e. The molecule has 2 aromatic carbocycles. The highest BCUT2D eigenvalue weighted by molar-refractivity contribution is 9.10. The number of nitrogens with one attached hydrogen (secondary N) is 1. The third kappa shape index (κ3) is 2.42. The van der Waals surface area contributed by atoms with Crippen molar-refractivity contribution in [1.29, 1.82) is 0 Å². The van der Waals surface area contributed by atoms with E-state index in [1.165, 1.54) is 0 Å². The Hall–Kier alpha value is -1.55.